The second-order valence-corrected chi connectivity index (χ2v) is 5.93. The number of rotatable bonds is 5. The Bertz CT molecular complexity index is 574. The molecule has 10 heteroatoms. The van der Waals surface area contributed by atoms with Gasteiger partial charge < -0.3 is 9.47 Å². The van der Waals surface area contributed by atoms with Gasteiger partial charge in [0.1, 0.15) is 11.7 Å². The van der Waals surface area contributed by atoms with Gasteiger partial charge in [0.25, 0.3) is 0 Å². The van der Waals surface area contributed by atoms with Crippen LogP contribution in [0.3, 0.4) is 0 Å². The smallest absolute Gasteiger partial charge is 0.423 e. The van der Waals surface area contributed by atoms with Crippen molar-refractivity contribution in [3.8, 4) is 5.88 Å². The van der Waals surface area contributed by atoms with Crippen molar-refractivity contribution in [2.75, 3.05) is 20.0 Å². The molecule has 1 aromatic heterocycles. The third-order valence-electron chi connectivity index (χ3n) is 2.08. The van der Waals surface area contributed by atoms with Crippen molar-refractivity contribution in [3.05, 3.63) is 11.8 Å². The van der Waals surface area contributed by atoms with Crippen LogP contribution in [0.2, 0.25) is 0 Å². The minimum absolute atomic E-state index is 0.0233. The molecule has 6 nitrogen and oxygen atoms in total. The molecule has 0 amide bonds. The lowest BCUT2D eigenvalue weighted by atomic mass is 10.3. The normalized spacial score (nSPS) is 14.1. The summed E-state index contributed by atoms with van der Waals surface area (Å²) in [5.74, 6) is -0.836. The Morgan fingerprint density at radius 3 is 2.45 bits per heavy atom. The highest BCUT2D eigenvalue weighted by atomic mass is 32.2. The summed E-state index contributed by atoms with van der Waals surface area (Å²) in [5.41, 5.74) is -1.24. The molecular weight excluding hydrogens is 301 g/mol. The lowest BCUT2D eigenvalue weighted by Crippen LogP contribution is -2.22. The highest BCUT2D eigenvalue weighted by Crippen LogP contribution is 2.35. The topological polar surface area (TPSA) is 78.4 Å². The second kappa shape index (κ2) is 5.92. The number of alkyl halides is 3. The van der Waals surface area contributed by atoms with Crippen molar-refractivity contribution in [1.29, 1.82) is 0 Å². The first-order valence-corrected chi connectivity index (χ1v) is 7.24. The lowest BCUT2D eigenvalue weighted by Gasteiger charge is -2.17. The van der Waals surface area contributed by atoms with Gasteiger partial charge in [0.05, 0.1) is 6.61 Å². The van der Waals surface area contributed by atoms with Gasteiger partial charge in [0, 0.05) is 19.6 Å². The van der Waals surface area contributed by atoms with Gasteiger partial charge in [-0.3, -0.25) is 0 Å². The van der Waals surface area contributed by atoms with Gasteiger partial charge in [-0.05, 0) is 6.92 Å². The van der Waals surface area contributed by atoms with E-state index in [1.165, 1.54) is 14.0 Å². The Labute approximate surface area is 113 Å². The second-order valence-electron chi connectivity index (χ2n) is 4.03. The van der Waals surface area contributed by atoms with Gasteiger partial charge in [0.15, 0.2) is 0 Å². The molecule has 0 N–H and O–H groups in total. The highest BCUT2D eigenvalue weighted by Gasteiger charge is 2.37. The molecule has 0 fully saturated rings. The summed E-state index contributed by atoms with van der Waals surface area (Å²) in [6.45, 7) is 1.49. The van der Waals surface area contributed by atoms with Crippen molar-refractivity contribution in [2.45, 2.75) is 24.4 Å². The van der Waals surface area contributed by atoms with Crippen LogP contribution in [0.15, 0.2) is 11.4 Å². The Balaban J connectivity index is 3.27. The lowest BCUT2D eigenvalue weighted by molar-refractivity contribution is -0.140. The molecule has 0 aliphatic heterocycles. The SMILES string of the molecule is COC[C@H](C)Oc1nc(S(C)(=O)=O)ncc1C(F)(F)F. The molecule has 114 valence electrons. The number of ether oxygens (including phenoxy) is 2. The van der Waals surface area contributed by atoms with Gasteiger partial charge in [0.2, 0.25) is 20.9 Å². The first-order valence-electron chi connectivity index (χ1n) is 5.35. The van der Waals surface area contributed by atoms with Crippen molar-refractivity contribution in [1.82, 2.24) is 9.97 Å². The zero-order valence-corrected chi connectivity index (χ0v) is 11.7. The summed E-state index contributed by atoms with van der Waals surface area (Å²) in [6, 6.07) is 0. The predicted octanol–water partition coefficient (Wildman–Crippen LogP) is 1.31. The molecule has 0 saturated carbocycles. The van der Waals surface area contributed by atoms with Crippen molar-refractivity contribution >= 4 is 9.84 Å². The first-order chi connectivity index (χ1) is 9.05. The summed E-state index contributed by atoms with van der Waals surface area (Å²) in [6.07, 6.45) is -4.31. The first kappa shape index (κ1) is 16.6. The van der Waals surface area contributed by atoms with E-state index in [1.807, 2.05) is 0 Å². The number of hydrogen-bond acceptors (Lipinski definition) is 6. The molecule has 0 aliphatic carbocycles. The maximum atomic E-state index is 12.8. The number of halogens is 3. The Kier molecular flexibility index (Phi) is 4.92. The third-order valence-corrected chi connectivity index (χ3v) is 2.94. The Morgan fingerprint density at radius 2 is 2.00 bits per heavy atom. The Morgan fingerprint density at radius 1 is 1.40 bits per heavy atom. The summed E-state index contributed by atoms with van der Waals surface area (Å²) in [7, 11) is -2.48. The van der Waals surface area contributed by atoms with Crippen LogP contribution in [0.1, 0.15) is 12.5 Å². The van der Waals surface area contributed by atoms with Crippen LogP contribution in [0.4, 0.5) is 13.2 Å². The highest BCUT2D eigenvalue weighted by molar-refractivity contribution is 7.90. The van der Waals surface area contributed by atoms with E-state index in [9.17, 15) is 21.6 Å². The summed E-state index contributed by atoms with van der Waals surface area (Å²) >= 11 is 0. The molecule has 0 aliphatic rings. The van der Waals surface area contributed by atoms with Gasteiger partial charge in [-0.15, -0.1) is 0 Å². The van der Waals surface area contributed by atoms with Crippen LogP contribution in [0.5, 0.6) is 5.88 Å². The molecule has 20 heavy (non-hydrogen) atoms. The molecule has 0 spiro atoms. The van der Waals surface area contributed by atoms with Gasteiger partial charge in [-0.1, -0.05) is 0 Å². The van der Waals surface area contributed by atoms with E-state index < -0.39 is 38.7 Å². The molecule has 0 unspecified atom stereocenters. The average Bonchev–Trinajstić information content (AvgIpc) is 2.26. The minimum Gasteiger partial charge on any atom is -0.472 e. The summed E-state index contributed by atoms with van der Waals surface area (Å²) in [5, 5.41) is -0.731. The van der Waals surface area contributed by atoms with Crippen LogP contribution in [-0.2, 0) is 20.8 Å². The quantitative estimate of drug-likeness (QED) is 0.763. The molecule has 0 radical (unpaired) electrons. The van der Waals surface area contributed by atoms with Crippen LogP contribution in [0.25, 0.3) is 0 Å². The van der Waals surface area contributed by atoms with Crippen molar-refractivity contribution in [3.63, 3.8) is 0 Å². The van der Waals surface area contributed by atoms with Crippen molar-refractivity contribution < 1.29 is 31.1 Å². The molecule has 0 saturated heterocycles. The van der Waals surface area contributed by atoms with Crippen LogP contribution in [0, 0.1) is 0 Å². The number of sulfone groups is 1. The fourth-order valence-electron chi connectivity index (χ4n) is 1.27. The Hall–Kier alpha value is -1.42. The van der Waals surface area contributed by atoms with E-state index >= 15 is 0 Å². The minimum atomic E-state index is -4.75. The standard InChI is InChI=1S/C10H13F3N2O4S/c1-6(5-18-2)19-8-7(10(11,12)13)4-14-9(15-8)20(3,16)17/h4,6H,5H2,1-3H3/t6-/m0/s1. The van der Waals surface area contributed by atoms with Crippen molar-refractivity contribution in [2.24, 2.45) is 0 Å². The zero-order chi connectivity index (χ0) is 15.6. The summed E-state index contributed by atoms with van der Waals surface area (Å²) < 4.78 is 70.6. The fraction of sp³-hybridized carbons (Fsp3) is 0.600. The molecule has 0 aromatic carbocycles. The molecule has 1 aromatic rings. The molecule has 1 rings (SSSR count). The van der Waals surface area contributed by atoms with Gasteiger partial charge in [-0.25, -0.2) is 13.4 Å². The van der Waals surface area contributed by atoms with E-state index in [1.54, 1.807) is 0 Å². The largest absolute Gasteiger partial charge is 0.472 e. The molecule has 0 bridgehead atoms. The van der Waals surface area contributed by atoms with E-state index in [-0.39, 0.29) is 6.61 Å². The number of nitrogens with zero attached hydrogens (tertiary/aromatic N) is 2. The average molecular weight is 314 g/mol. The number of hydrogen-bond donors (Lipinski definition) is 0. The molecular formula is C10H13F3N2O4S. The maximum absolute atomic E-state index is 12.8. The predicted molar refractivity (Wildman–Crippen MR) is 62.1 cm³/mol. The zero-order valence-electron chi connectivity index (χ0n) is 10.9. The van der Waals surface area contributed by atoms with E-state index in [0.717, 1.165) is 6.26 Å². The molecule has 1 heterocycles. The fourth-order valence-corrected chi connectivity index (χ4v) is 1.77. The van der Waals surface area contributed by atoms with E-state index in [0.29, 0.717) is 6.20 Å². The maximum Gasteiger partial charge on any atom is 0.423 e. The van der Waals surface area contributed by atoms with E-state index in [2.05, 4.69) is 9.97 Å². The summed E-state index contributed by atoms with van der Waals surface area (Å²) in [4.78, 5) is 6.54. The van der Waals surface area contributed by atoms with Gasteiger partial charge in [-0.2, -0.15) is 18.2 Å². The van der Waals surface area contributed by atoms with Crippen LogP contribution in [-0.4, -0.2) is 44.5 Å². The molecule has 1 atom stereocenters. The van der Waals surface area contributed by atoms with Crippen LogP contribution >= 0.6 is 0 Å². The van der Waals surface area contributed by atoms with Crippen LogP contribution < -0.4 is 4.74 Å². The van der Waals surface area contributed by atoms with E-state index in [4.69, 9.17) is 9.47 Å². The number of methoxy groups -OCH3 is 1. The van der Waals surface area contributed by atoms with Gasteiger partial charge >= 0.3 is 6.18 Å². The third kappa shape index (κ3) is 4.30. The number of aromatic nitrogens is 2. The monoisotopic (exact) mass is 314 g/mol.